The maximum atomic E-state index is 12.3. The van der Waals surface area contributed by atoms with E-state index in [1.54, 1.807) is 0 Å². The number of amides is 1. The zero-order valence-electron chi connectivity index (χ0n) is 15.5. The third kappa shape index (κ3) is 4.20. The fourth-order valence-electron chi connectivity index (χ4n) is 2.95. The molecule has 0 unspecified atom stereocenters. The van der Waals surface area contributed by atoms with E-state index in [1.807, 2.05) is 50.2 Å². The predicted octanol–water partition coefficient (Wildman–Crippen LogP) is 3.70. The first kappa shape index (κ1) is 17.9. The van der Waals surface area contributed by atoms with Crippen molar-refractivity contribution in [1.82, 2.24) is 10.3 Å². The molecule has 0 atom stereocenters. The molecule has 134 valence electrons. The van der Waals surface area contributed by atoms with Crippen molar-refractivity contribution < 1.29 is 4.79 Å². The van der Waals surface area contributed by atoms with Crippen molar-refractivity contribution in [3.8, 4) is 0 Å². The fraction of sp³-hybridized carbons (Fsp3) is 0.273. The molecule has 26 heavy (non-hydrogen) atoms. The van der Waals surface area contributed by atoms with Crippen LogP contribution in [0, 0.1) is 20.8 Å². The first-order valence-electron chi connectivity index (χ1n) is 8.88. The summed E-state index contributed by atoms with van der Waals surface area (Å²) in [5.74, 6) is -0.0508. The minimum absolute atomic E-state index is 0.0508. The number of aromatic amines is 1. The van der Waals surface area contributed by atoms with Gasteiger partial charge in [0.1, 0.15) is 0 Å². The van der Waals surface area contributed by atoms with Gasteiger partial charge in [-0.2, -0.15) is 0 Å². The highest BCUT2D eigenvalue weighted by Crippen LogP contribution is 2.17. The molecule has 0 aliphatic heterocycles. The number of benzene rings is 2. The summed E-state index contributed by atoms with van der Waals surface area (Å²) in [7, 11) is 0. The summed E-state index contributed by atoms with van der Waals surface area (Å²) < 4.78 is 0. The normalized spacial score (nSPS) is 10.9. The summed E-state index contributed by atoms with van der Waals surface area (Å²) in [6.07, 6.45) is 0.725. The second kappa shape index (κ2) is 7.56. The minimum Gasteiger partial charge on any atom is -0.352 e. The second-order valence-electron chi connectivity index (χ2n) is 6.91. The van der Waals surface area contributed by atoms with Crippen LogP contribution in [-0.2, 0) is 17.8 Å². The second-order valence-corrected chi connectivity index (χ2v) is 6.91. The Morgan fingerprint density at radius 3 is 2.42 bits per heavy atom. The van der Waals surface area contributed by atoms with Gasteiger partial charge in [0.15, 0.2) is 0 Å². The fourth-order valence-corrected chi connectivity index (χ4v) is 2.95. The summed E-state index contributed by atoms with van der Waals surface area (Å²) in [4.78, 5) is 27.3. The molecule has 4 heteroatoms. The predicted molar refractivity (Wildman–Crippen MR) is 105 cm³/mol. The highest BCUT2D eigenvalue weighted by Gasteiger charge is 2.08. The van der Waals surface area contributed by atoms with Crippen LogP contribution < -0.4 is 10.9 Å². The van der Waals surface area contributed by atoms with Gasteiger partial charge in [0.25, 0.3) is 5.56 Å². The molecule has 1 aromatic heterocycles. The lowest BCUT2D eigenvalue weighted by atomic mass is 10.0. The summed E-state index contributed by atoms with van der Waals surface area (Å²) in [5.41, 5.74) is 5.96. The van der Waals surface area contributed by atoms with Crippen LogP contribution in [0.5, 0.6) is 0 Å². The van der Waals surface area contributed by atoms with Crippen molar-refractivity contribution >= 4 is 16.8 Å². The van der Waals surface area contributed by atoms with Crippen molar-refractivity contribution in [2.75, 3.05) is 0 Å². The van der Waals surface area contributed by atoms with E-state index in [9.17, 15) is 9.59 Å². The maximum absolute atomic E-state index is 12.3. The zero-order valence-corrected chi connectivity index (χ0v) is 15.5. The Labute approximate surface area is 153 Å². The van der Waals surface area contributed by atoms with Gasteiger partial charge in [-0.05, 0) is 67.5 Å². The molecule has 1 heterocycles. The van der Waals surface area contributed by atoms with Gasteiger partial charge in [0, 0.05) is 24.0 Å². The van der Waals surface area contributed by atoms with E-state index in [1.165, 1.54) is 11.1 Å². The molecular weight excluding hydrogens is 324 g/mol. The first-order valence-corrected chi connectivity index (χ1v) is 8.88. The van der Waals surface area contributed by atoms with Crippen LogP contribution in [0.2, 0.25) is 0 Å². The summed E-state index contributed by atoms with van der Waals surface area (Å²) >= 11 is 0. The van der Waals surface area contributed by atoms with Crippen molar-refractivity contribution in [1.29, 1.82) is 0 Å². The Morgan fingerprint density at radius 2 is 1.69 bits per heavy atom. The Balaban J connectivity index is 1.64. The number of pyridine rings is 1. The summed E-state index contributed by atoms with van der Waals surface area (Å²) in [5, 5.41) is 3.91. The van der Waals surface area contributed by atoms with Gasteiger partial charge in [0.2, 0.25) is 5.91 Å². The van der Waals surface area contributed by atoms with Crippen molar-refractivity contribution in [2.45, 2.75) is 40.2 Å². The number of carbonyl (C=O) groups is 1. The van der Waals surface area contributed by atoms with Gasteiger partial charge in [-0.1, -0.05) is 29.8 Å². The minimum atomic E-state index is -0.118. The van der Waals surface area contributed by atoms with E-state index in [4.69, 9.17) is 0 Å². The first-order chi connectivity index (χ1) is 12.4. The summed E-state index contributed by atoms with van der Waals surface area (Å²) in [6.45, 7) is 6.62. The molecule has 0 spiro atoms. The molecule has 3 aromatic rings. The van der Waals surface area contributed by atoms with Crippen molar-refractivity contribution in [3.63, 3.8) is 0 Å². The van der Waals surface area contributed by atoms with Gasteiger partial charge >= 0.3 is 0 Å². The third-order valence-electron chi connectivity index (χ3n) is 4.77. The van der Waals surface area contributed by atoms with E-state index >= 15 is 0 Å². The highest BCUT2D eigenvalue weighted by atomic mass is 16.1. The molecule has 0 radical (unpaired) electrons. The standard InChI is InChI=1S/C22H24N2O2/c1-14-4-6-17(7-5-14)13-23-21(25)9-8-18-12-19-10-15(2)16(3)11-20(19)24-22(18)26/h4-7,10-12H,8-9,13H2,1-3H3,(H,23,25)(H,24,26). The van der Waals surface area contributed by atoms with E-state index in [-0.39, 0.29) is 11.5 Å². The summed E-state index contributed by atoms with van der Waals surface area (Å²) in [6, 6.07) is 14.0. The van der Waals surface area contributed by atoms with Gasteiger partial charge < -0.3 is 10.3 Å². The van der Waals surface area contributed by atoms with Crippen LogP contribution in [0.1, 0.15) is 34.2 Å². The lowest BCUT2D eigenvalue weighted by molar-refractivity contribution is -0.121. The van der Waals surface area contributed by atoms with Crippen LogP contribution in [0.3, 0.4) is 0 Å². The number of H-pyrrole nitrogens is 1. The number of fused-ring (bicyclic) bond motifs is 1. The Kier molecular flexibility index (Phi) is 5.21. The van der Waals surface area contributed by atoms with Gasteiger partial charge in [-0.3, -0.25) is 9.59 Å². The van der Waals surface area contributed by atoms with Gasteiger partial charge in [-0.15, -0.1) is 0 Å². The van der Waals surface area contributed by atoms with Gasteiger partial charge in [-0.25, -0.2) is 0 Å². The molecule has 3 rings (SSSR count). The number of aryl methyl sites for hydroxylation is 4. The molecule has 0 saturated carbocycles. The van der Waals surface area contributed by atoms with Crippen molar-refractivity contribution in [2.24, 2.45) is 0 Å². The van der Waals surface area contributed by atoms with E-state index in [0.717, 1.165) is 22.0 Å². The lowest BCUT2D eigenvalue weighted by Gasteiger charge is -2.08. The highest BCUT2D eigenvalue weighted by molar-refractivity contribution is 5.81. The molecule has 0 aliphatic rings. The number of rotatable bonds is 5. The lowest BCUT2D eigenvalue weighted by Crippen LogP contribution is -2.24. The number of aromatic nitrogens is 1. The zero-order chi connectivity index (χ0) is 18.7. The Hall–Kier alpha value is -2.88. The number of hydrogen-bond donors (Lipinski definition) is 2. The van der Waals surface area contributed by atoms with Crippen LogP contribution in [0.25, 0.3) is 10.9 Å². The SMILES string of the molecule is Cc1ccc(CNC(=O)CCc2cc3cc(C)c(C)cc3[nH]c2=O)cc1. The quantitative estimate of drug-likeness (QED) is 0.738. The number of carbonyl (C=O) groups excluding carboxylic acids is 1. The van der Waals surface area contributed by atoms with E-state index in [0.29, 0.717) is 24.9 Å². The maximum Gasteiger partial charge on any atom is 0.251 e. The Bertz CT molecular complexity index is 1000. The van der Waals surface area contributed by atoms with Crippen LogP contribution in [-0.4, -0.2) is 10.9 Å². The Morgan fingerprint density at radius 1 is 1.00 bits per heavy atom. The molecule has 0 bridgehead atoms. The molecule has 0 fully saturated rings. The van der Waals surface area contributed by atoms with Crippen molar-refractivity contribution in [3.05, 3.63) is 80.6 Å². The average Bonchev–Trinajstić information content (AvgIpc) is 2.61. The third-order valence-corrected chi connectivity index (χ3v) is 4.77. The smallest absolute Gasteiger partial charge is 0.251 e. The molecule has 0 saturated heterocycles. The molecule has 4 nitrogen and oxygen atoms in total. The molecular formula is C22H24N2O2. The van der Waals surface area contributed by atoms with Crippen LogP contribution in [0.15, 0.2) is 47.3 Å². The molecule has 1 amide bonds. The van der Waals surface area contributed by atoms with Gasteiger partial charge in [0.05, 0.1) is 0 Å². The largest absolute Gasteiger partial charge is 0.352 e. The number of hydrogen-bond acceptors (Lipinski definition) is 2. The van der Waals surface area contributed by atoms with Crippen LogP contribution >= 0.6 is 0 Å². The molecule has 2 N–H and O–H groups in total. The average molecular weight is 348 g/mol. The topological polar surface area (TPSA) is 62.0 Å². The van der Waals surface area contributed by atoms with E-state index < -0.39 is 0 Å². The number of nitrogens with one attached hydrogen (secondary N) is 2. The van der Waals surface area contributed by atoms with E-state index in [2.05, 4.69) is 23.3 Å². The molecule has 2 aromatic carbocycles. The molecule has 0 aliphatic carbocycles. The monoisotopic (exact) mass is 348 g/mol. The van der Waals surface area contributed by atoms with Crippen LogP contribution in [0.4, 0.5) is 0 Å².